The molecule has 4 heteroatoms. The molecule has 0 aliphatic carbocycles. The number of hydrogen-bond donors (Lipinski definition) is 1. The number of benzene rings is 2. The Labute approximate surface area is 111 Å². The van der Waals surface area contributed by atoms with E-state index >= 15 is 0 Å². The maximum atomic E-state index is 12.0. The Balaban J connectivity index is 2.19. The van der Waals surface area contributed by atoms with Gasteiger partial charge in [0.15, 0.2) is 6.29 Å². The molecule has 19 heavy (non-hydrogen) atoms. The minimum atomic E-state index is -0.995. The van der Waals surface area contributed by atoms with E-state index in [9.17, 15) is 9.90 Å². The van der Waals surface area contributed by atoms with Gasteiger partial charge in [-0.15, -0.1) is 0 Å². The van der Waals surface area contributed by atoms with Crippen molar-refractivity contribution in [3.63, 3.8) is 0 Å². The van der Waals surface area contributed by atoms with Gasteiger partial charge in [-0.05, 0) is 31.2 Å². The summed E-state index contributed by atoms with van der Waals surface area (Å²) in [6, 6.07) is 15.4. The van der Waals surface area contributed by atoms with Crippen LogP contribution in [0.25, 0.3) is 0 Å². The van der Waals surface area contributed by atoms with Crippen LogP contribution in [-0.2, 0) is 0 Å². The van der Waals surface area contributed by atoms with Crippen LogP contribution in [0.1, 0.15) is 17.3 Å². The third kappa shape index (κ3) is 3.56. The third-order valence-electron chi connectivity index (χ3n) is 2.36. The van der Waals surface area contributed by atoms with E-state index in [1.165, 1.54) is 6.92 Å². The van der Waals surface area contributed by atoms with Crippen molar-refractivity contribution in [2.75, 3.05) is 0 Å². The SMILES string of the molecule is CC(O)Oc1ccccc1C(=O)Oc1ccccc1. The van der Waals surface area contributed by atoms with Crippen LogP contribution in [0.5, 0.6) is 11.5 Å². The lowest BCUT2D eigenvalue weighted by Crippen LogP contribution is -2.15. The highest BCUT2D eigenvalue weighted by atomic mass is 16.6. The zero-order valence-corrected chi connectivity index (χ0v) is 10.4. The van der Waals surface area contributed by atoms with Crippen LogP contribution in [0.2, 0.25) is 0 Å². The predicted molar refractivity (Wildman–Crippen MR) is 70.2 cm³/mol. The molecule has 2 aromatic carbocycles. The van der Waals surface area contributed by atoms with E-state index in [2.05, 4.69) is 0 Å². The molecule has 1 atom stereocenters. The van der Waals surface area contributed by atoms with Crippen LogP contribution >= 0.6 is 0 Å². The van der Waals surface area contributed by atoms with Gasteiger partial charge in [-0.3, -0.25) is 0 Å². The average Bonchev–Trinajstić information content (AvgIpc) is 2.39. The Hall–Kier alpha value is -2.33. The smallest absolute Gasteiger partial charge is 0.347 e. The number of hydrogen-bond acceptors (Lipinski definition) is 4. The van der Waals surface area contributed by atoms with Crippen LogP contribution in [0.15, 0.2) is 54.6 Å². The van der Waals surface area contributed by atoms with E-state index in [1.54, 1.807) is 48.5 Å². The molecular weight excluding hydrogens is 244 g/mol. The number of ether oxygens (including phenoxy) is 2. The molecule has 0 fully saturated rings. The van der Waals surface area contributed by atoms with Gasteiger partial charge in [0, 0.05) is 0 Å². The van der Waals surface area contributed by atoms with Gasteiger partial charge >= 0.3 is 5.97 Å². The van der Waals surface area contributed by atoms with E-state index < -0.39 is 12.3 Å². The summed E-state index contributed by atoms with van der Waals surface area (Å²) >= 11 is 0. The number of aliphatic hydroxyl groups excluding tert-OH is 1. The maximum Gasteiger partial charge on any atom is 0.347 e. The van der Waals surface area contributed by atoms with Crippen LogP contribution in [-0.4, -0.2) is 17.4 Å². The molecule has 0 aromatic heterocycles. The van der Waals surface area contributed by atoms with Crippen molar-refractivity contribution < 1.29 is 19.4 Å². The highest BCUT2D eigenvalue weighted by Crippen LogP contribution is 2.21. The maximum absolute atomic E-state index is 12.0. The standard InChI is InChI=1S/C15H14O4/c1-11(16)18-14-10-6-5-9-13(14)15(17)19-12-7-3-2-4-8-12/h2-11,16H,1H3. The van der Waals surface area contributed by atoms with Gasteiger partial charge in [0.1, 0.15) is 17.1 Å². The molecule has 0 saturated heterocycles. The molecule has 0 amide bonds. The summed E-state index contributed by atoms with van der Waals surface area (Å²) < 4.78 is 10.4. The molecule has 2 rings (SSSR count). The van der Waals surface area contributed by atoms with Gasteiger partial charge in [-0.1, -0.05) is 30.3 Å². The molecule has 0 aliphatic heterocycles. The summed E-state index contributed by atoms with van der Waals surface area (Å²) in [4.78, 5) is 12.0. The van der Waals surface area contributed by atoms with E-state index in [0.29, 0.717) is 11.5 Å². The summed E-state index contributed by atoms with van der Waals surface area (Å²) in [5.74, 6) is 0.222. The zero-order chi connectivity index (χ0) is 13.7. The van der Waals surface area contributed by atoms with Crippen LogP contribution in [0, 0.1) is 0 Å². The first-order chi connectivity index (χ1) is 9.16. The van der Waals surface area contributed by atoms with Gasteiger partial charge in [-0.2, -0.15) is 0 Å². The summed E-state index contributed by atoms with van der Waals surface area (Å²) in [6.45, 7) is 1.47. The van der Waals surface area contributed by atoms with Crippen LogP contribution in [0.3, 0.4) is 0 Å². The Morgan fingerprint density at radius 3 is 2.37 bits per heavy atom. The van der Waals surface area contributed by atoms with Crippen LogP contribution < -0.4 is 9.47 Å². The molecule has 0 spiro atoms. The summed E-state index contributed by atoms with van der Waals surface area (Å²) in [6.07, 6.45) is -0.995. The molecule has 0 aliphatic rings. The fourth-order valence-corrected chi connectivity index (χ4v) is 1.57. The van der Waals surface area contributed by atoms with Crippen molar-refractivity contribution in [2.24, 2.45) is 0 Å². The van der Waals surface area contributed by atoms with Crippen molar-refractivity contribution in [2.45, 2.75) is 13.2 Å². The van der Waals surface area contributed by atoms with E-state index in [0.717, 1.165) is 0 Å². The van der Waals surface area contributed by atoms with Crippen molar-refractivity contribution in [3.05, 3.63) is 60.2 Å². The lowest BCUT2D eigenvalue weighted by molar-refractivity contribution is -0.00110. The number of carbonyl (C=O) groups is 1. The lowest BCUT2D eigenvalue weighted by atomic mass is 10.2. The highest BCUT2D eigenvalue weighted by molar-refractivity contribution is 5.93. The molecule has 0 bridgehead atoms. The summed E-state index contributed by atoms with van der Waals surface area (Å²) in [5, 5.41) is 9.23. The zero-order valence-electron chi connectivity index (χ0n) is 10.4. The molecule has 0 saturated carbocycles. The first kappa shape index (κ1) is 13.1. The number of carbonyl (C=O) groups excluding carboxylic acids is 1. The molecule has 98 valence electrons. The average molecular weight is 258 g/mol. The molecule has 1 unspecified atom stereocenters. The van der Waals surface area contributed by atoms with Crippen LogP contribution in [0.4, 0.5) is 0 Å². The number of para-hydroxylation sites is 2. The minimum absolute atomic E-state index is 0.271. The second kappa shape index (κ2) is 6.02. The molecule has 0 radical (unpaired) electrons. The highest BCUT2D eigenvalue weighted by Gasteiger charge is 2.15. The minimum Gasteiger partial charge on any atom is -0.465 e. The molecule has 0 heterocycles. The van der Waals surface area contributed by atoms with Crippen molar-refractivity contribution in [3.8, 4) is 11.5 Å². The van der Waals surface area contributed by atoms with Gasteiger partial charge in [0.25, 0.3) is 0 Å². The quantitative estimate of drug-likeness (QED) is 0.520. The summed E-state index contributed by atoms with van der Waals surface area (Å²) in [7, 11) is 0. The van der Waals surface area contributed by atoms with Gasteiger partial charge in [0.2, 0.25) is 0 Å². The van der Waals surface area contributed by atoms with Gasteiger partial charge < -0.3 is 14.6 Å². The Kier molecular flexibility index (Phi) is 4.15. The third-order valence-corrected chi connectivity index (χ3v) is 2.36. The molecule has 1 N–H and O–H groups in total. The number of rotatable bonds is 4. The topological polar surface area (TPSA) is 55.8 Å². The Morgan fingerprint density at radius 2 is 1.68 bits per heavy atom. The lowest BCUT2D eigenvalue weighted by Gasteiger charge is -2.12. The van der Waals surface area contributed by atoms with E-state index in [1.807, 2.05) is 6.07 Å². The van der Waals surface area contributed by atoms with Crippen molar-refractivity contribution in [1.29, 1.82) is 0 Å². The fourth-order valence-electron chi connectivity index (χ4n) is 1.57. The van der Waals surface area contributed by atoms with E-state index in [-0.39, 0.29) is 5.56 Å². The first-order valence-corrected chi connectivity index (χ1v) is 5.88. The monoisotopic (exact) mass is 258 g/mol. The Bertz CT molecular complexity index is 549. The first-order valence-electron chi connectivity index (χ1n) is 5.88. The van der Waals surface area contributed by atoms with Crippen molar-refractivity contribution in [1.82, 2.24) is 0 Å². The molecule has 4 nitrogen and oxygen atoms in total. The normalized spacial score (nSPS) is 11.7. The number of aliphatic hydroxyl groups is 1. The number of esters is 1. The predicted octanol–water partition coefficient (Wildman–Crippen LogP) is 2.62. The molecular formula is C15H14O4. The largest absolute Gasteiger partial charge is 0.465 e. The fraction of sp³-hybridized carbons (Fsp3) is 0.133. The van der Waals surface area contributed by atoms with Gasteiger partial charge in [-0.25, -0.2) is 4.79 Å². The second-order valence-electron chi connectivity index (χ2n) is 3.92. The summed E-state index contributed by atoms with van der Waals surface area (Å²) in [5.41, 5.74) is 0.271. The molecule has 2 aromatic rings. The van der Waals surface area contributed by atoms with E-state index in [4.69, 9.17) is 9.47 Å². The Morgan fingerprint density at radius 1 is 1.05 bits per heavy atom. The second-order valence-corrected chi connectivity index (χ2v) is 3.92. The van der Waals surface area contributed by atoms with Gasteiger partial charge in [0.05, 0.1) is 0 Å². The van der Waals surface area contributed by atoms with Crippen molar-refractivity contribution >= 4 is 5.97 Å².